The molecule has 17 heavy (non-hydrogen) atoms. The number of hydrogen-bond donors (Lipinski definition) is 2. The highest BCUT2D eigenvalue weighted by Crippen LogP contribution is 2.14. The van der Waals surface area contributed by atoms with Crippen molar-refractivity contribution in [1.82, 2.24) is 20.5 Å². The Morgan fingerprint density at radius 2 is 2.18 bits per heavy atom. The highest BCUT2D eigenvalue weighted by molar-refractivity contribution is 5.86. The van der Waals surface area contributed by atoms with Crippen LogP contribution in [0.2, 0.25) is 0 Å². The van der Waals surface area contributed by atoms with E-state index < -0.39 is 0 Å². The maximum atomic E-state index is 11.0. The van der Waals surface area contributed by atoms with Gasteiger partial charge in [0.15, 0.2) is 5.82 Å². The van der Waals surface area contributed by atoms with Crippen molar-refractivity contribution in [2.75, 3.05) is 0 Å². The summed E-state index contributed by atoms with van der Waals surface area (Å²) in [5.74, 6) is 0.552. The number of carbonyl (C=O) groups excluding carboxylic acids is 1. The molecule has 1 heterocycles. The maximum Gasteiger partial charge on any atom is 0.243 e. The molecule has 0 fully saturated rings. The number of amides is 1. The Hall–Kier alpha value is -2.43. The Bertz CT molecular complexity index is 502. The molecule has 0 aliphatic rings. The zero-order chi connectivity index (χ0) is 12.1. The van der Waals surface area contributed by atoms with E-state index >= 15 is 0 Å². The first-order valence-corrected chi connectivity index (χ1v) is 5.14. The molecule has 0 atom stereocenters. The van der Waals surface area contributed by atoms with E-state index in [9.17, 15) is 4.79 Å². The minimum Gasteiger partial charge on any atom is -0.348 e. The molecule has 2 aromatic rings. The summed E-state index contributed by atoms with van der Waals surface area (Å²) in [6.45, 7) is 3.88. The van der Waals surface area contributed by atoms with Gasteiger partial charge in [0.25, 0.3) is 0 Å². The van der Waals surface area contributed by atoms with Crippen molar-refractivity contribution < 1.29 is 4.79 Å². The average Bonchev–Trinajstić information content (AvgIpc) is 2.90. The Morgan fingerprint density at radius 3 is 2.76 bits per heavy atom. The van der Waals surface area contributed by atoms with Crippen LogP contribution in [0.25, 0.3) is 11.4 Å². The predicted molar refractivity (Wildman–Crippen MR) is 63.9 cm³/mol. The number of rotatable bonds is 4. The second-order valence-corrected chi connectivity index (χ2v) is 3.45. The summed E-state index contributed by atoms with van der Waals surface area (Å²) in [5.41, 5.74) is 1.98. The van der Waals surface area contributed by atoms with E-state index in [4.69, 9.17) is 0 Å². The van der Waals surface area contributed by atoms with Crippen molar-refractivity contribution in [2.24, 2.45) is 0 Å². The van der Waals surface area contributed by atoms with E-state index in [1.807, 2.05) is 24.3 Å². The van der Waals surface area contributed by atoms with Crippen LogP contribution in [-0.2, 0) is 11.3 Å². The van der Waals surface area contributed by atoms with Crippen LogP contribution in [0, 0.1) is 0 Å². The van der Waals surface area contributed by atoms with E-state index in [-0.39, 0.29) is 5.91 Å². The molecular formula is C12H12N4O. The molecule has 1 aromatic carbocycles. The number of aromatic amines is 1. The zero-order valence-corrected chi connectivity index (χ0v) is 9.18. The molecule has 0 saturated carbocycles. The molecule has 86 valence electrons. The summed E-state index contributed by atoms with van der Waals surface area (Å²) < 4.78 is 0. The van der Waals surface area contributed by atoms with Gasteiger partial charge < -0.3 is 5.32 Å². The van der Waals surface area contributed by atoms with Crippen LogP contribution < -0.4 is 5.32 Å². The fraction of sp³-hybridized carbons (Fsp3) is 0.0833. The third-order valence-electron chi connectivity index (χ3n) is 2.29. The molecule has 1 aromatic heterocycles. The largest absolute Gasteiger partial charge is 0.348 e. The van der Waals surface area contributed by atoms with Gasteiger partial charge in [-0.1, -0.05) is 30.8 Å². The lowest BCUT2D eigenvalue weighted by atomic mass is 10.1. The highest BCUT2D eigenvalue weighted by Gasteiger charge is 2.00. The molecule has 1 amide bonds. The summed E-state index contributed by atoms with van der Waals surface area (Å²) in [7, 11) is 0. The van der Waals surface area contributed by atoms with Crippen LogP contribution in [0.5, 0.6) is 0 Å². The van der Waals surface area contributed by atoms with E-state index in [0.29, 0.717) is 6.54 Å². The Kier molecular flexibility index (Phi) is 3.30. The van der Waals surface area contributed by atoms with Crippen LogP contribution in [0.1, 0.15) is 5.56 Å². The summed E-state index contributed by atoms with van der Waals surface area (Å²) in [4.78, 5) is 15.0. The van der Waals surface area contributed by atoms with Crippen molar-refractivity contribution in [3.05, 3.63) is 48.8 Å². The Morgan fingerprint density at radius 1 is 1.41 bits per heavy atom. The fourth-order valence-corrected chi connectivity index (χ4v) is 1.39. The zero-order valence-electron chi connectivity index (χ0n) is 9.18. The van der Waals surface area contributed by atoms with Gasteiger partial charge in [-0.15, -0.1) is 0 Å². The third kappa shape index (κ3) is 2.78. The van der Waals surface area contributed by atoms with Gasteiger partial charge in [-0.05, 0) is 11.6 Å². The SMILES string of the molecule is C=CC(=O)NCc1ccc(-c2ncn[nH]2)cc1. The lowest BCUT2D eigenvalue weighted by Crippen LogP contribution is -2.19. The normalized spacial score (nSPS) is 9.88. The first-order valence-electron chi connectivity index (χ1n) is 5.14. The van der Waals surface area contributed by atoms with Crippen molar-refractivity contribution in [3.63, 3.8) is 0 Å². The first kappa shape index (κ1) is 11.1. The lowest BCUT2D eigenvalue weighted by Gasteiger charge is -2.03. The quantitative estimate of drug-likeness (QED) is 0.774. The van der Waals surface area contributed by atoms with Crippen molar-refractivity contribution >= 4 is 5.91 Å². The number of benzene rings is 1. The Balaban J connectivity index is 2.03. The average molecular weight is 228 g/mol. The van der Waals surface area contributed by atoms with Crippen LogP contribution in [0.15, 0.2) is 43.2 Å². The smallest absolute Gasteiger partial charge is 0.243 e. The summed E-state index contributed by atoms with van der Waals surface area (Å²) in [5, 5.41) is 9.29. The fourth-order valence-electron chi connectivity index (χ4n) is 1.39. The number of carbonyl (C=O) groups is 1. The molecular weight excluding hydrogens is 216 g/mol. The highest BCUT2D eigenvalue weighted by atomic mass is 16.1. The first-order chi connectivity index (χ1) is 8.29. The van der Waals surface area contributed by atoms with Gasteiger partial charge in [-0.3, -0.25) is 9.89 Å². The monoisotopic (exact) mass is 228 g/mol. The van der Waals surface area contributed by atoms with Crippen LogP contribution in [0.3, 0.4) is 0 Å². The predicted octanol–water partition coefficient (Wildman–Crippen LogP) is 1.27. The summed E-state index contributed by atoms with van der Waals surface area (Å²) in [6, 6.07) is 7.72. The van der Waals surface area contributed by atoms with Gasteiger partial charge in [-0.25, -0.2) is 4.98 Å². The van der Waals surface area contributed by atoms with Gasteiger partial charge in [-0.2, -0.15) is 5.10 Å². The number of aromatic nitrogens is 3. The molecule has 0 saturated heterocycles. The lowest BCUT2D eigenvalue weighted by molar-refractivity contribution is -0.116. The molecule has 0 aliphatic carbocycles. The van der Waals surface area contributed by atoms with Crippen LogP contribution in [-0.4, -0.2) is 21.1 Å². The molecule has 2 N–H and O–H groups in total. The van der Waals surface area contributed by atoms with E-state index in [1.54, 1.807) is 0 Å². The Labute approximate surface area is 98.6 Å². The minimum absolute atomic E-state index is 0.177. The van der Waals surface area contributed by atoms with E-state index in [2.05, 4.69) is 27.1 Å². The van der Waals surface area contributed by atoms with Gasteiger partial charge >= 0.3 is 0 Å². The second kappa shape index (κ2) is 5.07. The summed E-state index contributed by atoms with van der Waals surface area (Å²) in [6.07, 6.45) is 2.72. The van der Waals surface area contributed by atoms with Gasteiger partial charge in [0.1, 0.15) is 6.33 Å². The molecule has 0 radical (unpaired) electrons. The van der Waals surface area contributed by atoms with Gasteiger partial charge in [0, 0.05) is 12.1 Å². The maximum absolute atomic E-state index is 11.0. The van der Waals surface area contributed by atoms with Crippen molar-refractivity contribution in [2.45, 2.75) is 6.54 Å². The topological polar surface area (TPSA) is 70.7 Å². The molecule has 0 unspecified atom stereocenters. The number of nitrogens with one attached hydrogen (secondary N) is 2. The second-order valence-electron chi connectivity index (χ2n) is 3.45. The molecule has 2 rings (SSSR count). The third-order valence-corrected chi connectivity index (χ3v) is 2.29. The number of hydrogen-bond acceptors (Lipinski definition) is 3. The molecule has 0 aliphatic heterocycles. The molecule has 0 bridgehead atoms. The van der Waals surface area contributed by atoms with Crippen molar-refractivity contribution in [3.8, 4) is 11.4 Å². The van der Waals surface area contributed by atoms with Gasteiger partial charge in [0.2, 0.25) is 5.91 Å². The van der Waals surface area contributed by atoms with Gasteiger partial charge in [0.05, 0.1) is 0 Å². The van der Waals surface area contributed by atoms with Crippen molar-refractivity contribution in [1.29, 1.82) is 0 Å². The van der Waals surface area contributed by atoms with Crippen LogP contribution in [0.4, 0.5) is 0 Å². The minimum atomic E-state index is -0.177. The molecule has 5 nitrogen and oxygen atoms in total. The van der Waals surface area contributed by atoms with E-state index in [1.165, 1.54) is 12.4 Å². The summed E-state index contributed by atoms with van der Waals surface area (Å²) >= 11 is 0. The molecule has 5 heteroatoms. The standard InChI is InChI=1S/C12H12N4O/c1-2-11(17)13-7-9-3-5-10(6-4-9)12-14-8-15-16-12/h2-6,8H,1,7H2,(H,13,17)(H,14,15,16). The number of H-pyrrole nitrogens is 1. The number of nitrogens with zero attached hydrogens (tertiary/aromatic N) is 2. The van der Waals surface area contributed by atoms with Crippen LogP contribution >= 0.6 is 0 Å². The van der Waals surface area contributed by atoms with E-state index in [0.717, 1.165) is 17.0 Å². The molecule has 0 spiro atoms.